The van der Waals surface area contributed by atoms with Crippen LogP contribution in [0.4, 0.5) is 9.59 Å². The Balaban J connectivity index is 2.53. The van der Waals surface area contributed by atoms with Gasteiger partial charge in [0.25, 0.3) is 0 Å². The Morgan fingerprint density at radius 3 is 1.69 bits per heavy atom. The quantitative estimate of drug-likeness (QED) is 0.0626. The lowest BCUT2D eigenvalue weighted by atomic mass is 10.3. The van der Waals surface area contributed by atoms with E-state index in [4.69, 9.17) is 62.7 Å². The largest absolute Gasteiger partial charge is 0.508 e. The van der Waals surface area contributed by atoms with Gasteiger partial charge in [-0.2, -0.15) is 0 Å². The fourth-order valence-electron chi connectivity index (χ4n) is 2.86. The smallest absolute Gasteiger partial charge is 0.441 e. The summed E-state index contributed by atoms with van der Waals surface area (Å²) in [6.07, 6.45) is -3.59. The monoisotopic (exact) mass is 573 g/mol. The molecule has 1 aliphatic rings. The summed E-state index contributed by atoms with van der Waals surface area (Å²) in [7, 11) is 0. The molecule has 1 heterocycles. The van der Waals surface area contributed by atoms with E-state index >= 15 is 0 Å². The molecule has 1 amide bonds. The molecule has 0 aromatic carbocycles. The van der Waals surface area contributed by atoms with E-state index in [1.165, 1.54) is 0 Å². The Bertz CT molecular complexity index is 584. The first-order chi connectivity index (χ1) is 19.1. The van der Waals surface area contributed by atoms with Crippen molar-refractivity contribution in [2.24, 2.45) is 0 Å². The van der Waals surface area contributed by atoms with Crippen LogP contribution in [0.25, 0.3) is 0 Å². The van der Waals surface area contributed by atoms with Crippen LogP contribution >= 0.6 is 0 Å². The molecule has 0 aliphatic carbocycles. The average molecular weight is 574 g/mol. The number of cyclic esters (lactones) is 1. The average Bonchev–Trinajstić information content (AvgIpc) is 3.36. The molecule has 4 N–H and O–H groups in total. The van der Waals surface area contributed by atoms with E-state index in [2.05, 4.69) is 5.32 Å². The molecule has 0 bridgehead atoms. The number of aliphatic hydroxyl groups excluding tert-OH is 3. The van der Waals surface area contributed by atoms with Crippen LogP contribution in [0.15, 0.2) is 0 Å². The van der Waals surface area contributed by atoms with Crippen molar-refractivity contribution in [3.63, 3.8) is 0 Å². The third-order valence-electron chi connectivity index (χ3n) is 4.65. The number of amides is 1. The minimum atomic E-state index is -0.988. The van der Waals surface area contributed by atoms with E-state index in [0.717, 1.165) is 0 Å². The summed E-state index contributed by atoms with van der Waals surface area (Å²) in [5.41, 5.74) is 0. The Morgan fingerprint density at radius 1 is 0.744 bits per heavy atom. The van der Waals surface area contributed by atoms with Crippen molar-refractivity contribution in [2.75, 3.05) is 119 Å². The maximum absolute atomic E-state index is 12.2. The third-order valence-corrected chi connectivity index (χ3v) is 4.65. The number of hydrogen-bond donors (Lipinski definition) is 4. The van der Waals surface area contributed by atoms with Gasteiger partial charge in [0.15, 0.2) is 12.2 Å². The van der Waals surface area contributed by atoms with Crippen LogP contribution in [0.5, 0.6) is 0 Å². The van der Waals surface area contributed by atoms with Gasteiger partial charge in [0, 0.05) is 0 Å². The fourth-order valence-corrected chi connectivity index (χ4v) is 2.86. The Labute approximate surface area is 227 Å². The van der Waals surface area contributed by atoms with Crippen LogP contribution in [0.1, 0.15) is 0 Å². The Kier molecular flexibility index (Phi) is 22.7. The number of aliphatic hydroxyl groups is 3. The van der Waals surface area contributed by atoms with Gasteiger partial charge in [-0.3, -0.25) is 0 Å². The highest BCUT2D eigenvalue weighted by Crippen LogP contribution is 2.06. The van der Waals surface area contributed by atoms with Gasteiger partial charge < -0.3 is 68.0 Å². The second-order valence-corrected chi connectivity index (χ2v) is 7.90. The highest BCUT2D eigenvalue weighted by Gasteiger charge is 2.25. The second-order valence-electron chi connectivity index (χ2n) is 7.90. The summed E-state index contributed by atoms with van der Waals surface area (Å²) >= 11 is 0. The minimum Gasteiger partial charge on any atom is -0.441 e. The van der Waals surface area contributed by atoms with Crippen molar-refractivity contribution in [3.8, 4) is 0 Å². The zero-order chi connectivity index (χ0) is 28.4. The molecule has 1 saturated heterocycles. The molecule has 230 valence electrons. The number of hydrogen-bond acceptors (Lipinski definition) is 15. The highest BCUT2D eigenvalue weighted by molar-refractivity contribution is 5.69. The first-order valence-corrected chi connectivity index (χ1v) is 12.8. The van der Waals surface area contributed by atoms with Gasteiger partial charge in [0.1, 0.15) is 12.7 Å². The summed E-state index contributed by atoms with van der Waals surface area (Å²) in [6, 6.07) is 0. The number of nitrogens with one attached hydrogen (secondary N) is 1. The van der Waals surface area contributed by atoms with Crippen LogP contribution < -0.4 is 5.32 Å². The van der Waals surface area contributed by atoms with E-state index in [9.17, 15) is 9.59 Å². The molecule has 0 spiro atoms. The first kappa shape index (κ1) is 35.2. The maximum atomic E-state index is 12.2. The molecule has 0 aromatic rings. The van der Waals surface area contributed by atoms with Crippen molar-refractivity contribution >= 4 is 12.2 Å². The predicted octanol–water partition coefficient (Wildman–Crippen LogP) is -1.92. The molecule has 1 fully saturated rings. The van der Waals surface area contributed by atoms with Gasteiger partial charge in [0.2, 0.25) is 0 Å². The summed E-state index contributed by atoms with van der Waals surface area (Å²) in [4.78, 5) is 23.3. The standard InChI is InChI=1S/C23H43NO15/c25-1-4-30-7-10-33-14-20(15-34-11-8-31-5-2-26)36-18-21(16-35-12-9-32-6-3-27)39-23(29)37-17-19-13-24-22(28)38-19/h19-21,25-27H,1-18H2,(H,24,28)/t19-,21?/m0/s1. The summed E-state index contributed by atoms with van der Waals surface area (Å²) in [5.74, 6) is 0. The zero-order valence-electron chi connectivity index (χ0n) is 22.2. The molecule has 0 saturated carbocycles. The molecule has 1 aliphatic heterocycles. The Hall–Kier alpha value is -1.86. The maximum Gasteiger partial charge on any atom is 0.508 e. The van der Waals surface area contributed by atoms with E-state index in [-0.39, 0.29) is 106 Å². The number of alkyl carbamates (subject to hydrolysis) is 1. The molecule has 2 atom stereocenters. The lowest BCUT2D eigenvalue weighted by Crippen LogP contribution is -2.35. The summed E-state index contributed by atoms with van der Waals surface area (Å²) < 4.78 is 53.3. The fraction of sp³-hybridized carbons (Fsp3) is 0.913. The summed E-state index contributed by atoms with van der Waals surface area (Å²) in [5, 5.41) is 28.7. The van der Waals surface area contributed by atoms with Gasteiger partial charge in [-0.25, -0.2) is 9.59 Å². The number of ether oxygens (including phenoxy) is 10. The van der Waals surface area contributed by atoms with Crippen molar-refractivity contribution < 1.29 is 72.3 Å². The molecule has 39 heavy (non-hydrogen) atoms. The number of carbonyl (C=O) groups excluding carboxylic acids is 2. The van der Waals surface area contributed by atoms with Crippen molar-refractivity contribution in [1.29, 1.82) is 0 Å². The molecule has 0 radical (unpaired) electrons. The molecule has 1 unspecified atom stereocenters. The molecular weight excluding hydrogens is 530 g/mol. The highest BCUT2D eigenvalue weighted by atomic mass is 16.7. The lowest BCUT2D eigenvalue weighted by molar-refractivity contribution is -0.110. The minimum absolute atomic E-state index is 0.0318. The van der Waals surface area contributed by atoms with Gasteiger partial charge in [-0.05, 0) is 0 Å². The van der Waals surface area contributed by atoms with E-state index in [0.29, 0.717) is 13.2 Å². The molecule has 16 nitrogen and oxygen atoms in total. The van der Waals surface area contributed by atoms with Gasteiger partial charge in [-0.15, -0.1) is 0 Å². The second kappa shape index (κ2) is 25.1. The molecular formula is C23H43NO15. The zero-order valence-corrected chi connectivity index (χ0v) is 22.2. The van der Waals surface area contributed by atoms with Gasteiger partial charge in [-0.1, -0.05) is 0 Å². The van der Waals surface area contributed by atoms with E-state index in [1.54, 1.807) is 0 Å². The molecule has 16 heteroatoms. The van der Waals surface area contributed by atoms with Crippen LogP contribution in [0, 0.1) is 0 Å². The third kappa shape index (κ3) is 20.7. The van der Waals surface area contributed by atoms with E-state index in [1.807, 2.05) is 0 Å². The number of rotatable bonds is 27. The van der Waals surface area contributed by atoms with Crippen molar-refractivity contribution in [3.05, 3.63) is 0 Å². The van der Waals surface area contributed by atoms with Gasteiger partial charge >= 0.3 is 12.2 Å². The van der Waals surface area contributed by atoms with Crippen LogP contribution in [-0.4, -0.2) is 165 Å². The van der Waals surface area contributed by atoms with Crippen molar-refractivity contribution in [1.82, 2.24) is 5.32 Å². The summed E-state index contributed by atoms with van der Waals surface area (Å²) in [6.45, 7) is 2.08. The molecule has 1 rings (SSSR count). The van der Waals surface area contributed by atoms with Crippen LogP contribution in [-0.2, 0) is 47.4 Å². The topological polar surface area (TPSA) is 199 Å². The lowest BCUT2D eigenvalue weighted by Gasteiger charge is -2.23. The Morgan fingerprint density at radius 2 is 1.23 bits per heavy atom. The van der Waals surface area contributed by atoms with Crippen LogP contribution in [0.3, 0.4) is 0 Å². The normalized spacial score (nSPS) is 15.8. The van der Waals surface area contributed by atoms with Crippen LogP contribution in [0.2, 0.25) is 0 Å². The predicted molar refractivity (Wildman–Crippen MR) is 130 cm³/mol. The van der Waals surface area contributed by atoms with E-state index < -0.39 is 30.6 Å². The number of carbonyl (C=O) groups is 2. The van der Waals surface area contributed by atoms with Gasteiger partial charge in [0.05, 0.1) is 112 Å². The molecule has 0 aromatic heterocycles. The first-order valence-electron chi connectivity index (χ1n) is 12.8. The SMILES string of the molecule is O=C1NC[C@@H](COC(=O)OC(COCCOCCO)COC(COCCOCCO)COCCOCCO)O1. The van der Waals surface area contributed by atoms with Crippen molar-refractivity contribution in [2.45, 2.75) is 18.3 Å².